The first kappa shape index (κ1) is 51.8. The van der Waals surface area contributed by atoms with Crippen LogP contribution in [-0.2, 0) is 21.7 Å². The Morgan fingerprint density at radius 1 is 0.235 bits per heavy atom. The van der Waals surface area contributed by atoms with E-state index < -0.39 is 0 Å². The monoisotopic (exact) mass is 1110 g/mol. The normalized spacial score (nSPS) is 13.2. The Kier molecular flexibility index (Phi) is 10.9. The second kappa shape index (κ2) is 17.9. The van der Waals surface area contributed by atoms with Crippen LogP contribution in [0.2, 0.25) is 0 Å². The fraction of sp³-hybridized carbons (Fsp3) is 0.195. The van der Waals surface area contributed by atoms with E-state index in [4.69, 9.17) is 0 Å². The summed E-state index contributed by atoms with van der Waals surface area (Å²) in [6.07, 6.45) is 0. The van der Waals surface area contributed by atoms with Gasteiger partial charge in [0.1, 0.15) is 0 Å². The van der Waals surface area contributed by atoms with Gasteiger partial charge in [0.15, 0.2) is 0 Å². The maximum Gasteiger partial charge on any atom is 0.0627 e. The SMILES string of the molecule is CC(C)(C)c1cc(-c2ccc3c(c2)c2cc(-c4cc(C(C)(C)C)cc(C(C)(C)C)c4)cc4c5cc6c(cc5n3c24)c2cc3sc4ccccc4c3c3c4cc(-c5cc(-c7ccccc7)cc(-c7ccccc7)c5)ccc4n6c23)cc(C(C)(C)C)c1. The van der Waals surface area contributed by atoms with Gasteiger partial charge in [0.25, 0.3) is 0 Å². The number of hydrogen-bond acceptors (Lipinski definition) is 1. The predicted octanol–water partition coefficient (Wildman–Crippen LogP) is 23.9. The molecular formula is C82H70N2S. The minimum Gasteiger partial charge on any atom is -0.308 e. The Balaban J connectivity index is 1.00. The zero-order chi connectivity index (χ0) is 58.4. The summed E-state index contributed by atoms with van der Waals surface area (Å²) in [5.74, 6) is 0. The van der Waals surface area contributed by atoms with Crippen molar-refractivity contribution >= 4 is 108 Å². The Bertz CT molecular complexity index is 5300. The van der Waals surface area contributed by atoms with Gasteiger partial charge in [-0.25, -0.2) is 0 Å². The van der Waals surface area contributed by atoms with Crippen LogP contribution in [0.4, 0.5) is 0 Å². The molecule has 0 aliphatic heterocycles. The Morgan fingerprint density at radius 2 is 0.612 bits per heavy atom. The molecule has 0 saturated heterocycles. The number of fused-ring (bicyclic) bond motifs is 16. The van der Waals surface area contributed by atoms with Crippen molar-refractivity contribution < 1.29 is 0 Å². The molecule has 3 heteroatoms. The molecule has 0 aliphatic carbocycles. The van der Waals surface area contributed by atoms with Crippen molar-refractivity contribution in [1.29, 1.82) is 0 Å². The molecule has 0 unspecified atom stereocenters. The van der Waals surface area contributed by atoms with E-state index in [1.165, 1.54) is 174 Å². The van der Waals surface area contributed by atoms with E-state index in [9.17, 15) is 0 Å². The molecule has 16 aromatic rings. The molecule has 11 aromatic carbocycles. The summed E-state index contributed by atoms with van der Waals surface area (Å²) in [5.41, 5.74) is 25.3. The molecular weight excluding hydrogens is 1040 g/mol. The molecule has 0 N–H and O–H groups in total. The largest absolute Gasteiger partial charge is 0.308 e. The van der Waals surface area contributed by atoms with E-state index in [2.05, 4.69) is 298 Å². The van der Waals surface area contributed by atoms with Crippen LogP contribution in [0.5, 0.6) is 0 Å². The van der Waals surface area contributed by atoms with E-state index in [-0.39, 0.29) is 21.7 Å². The van der Waals surface area contributed by atoms with Gasteiger partial charge >= 0.3 is 0 Å². The Hall–Kier alpha value is -8.76. The average Bonchev–Trinajstić information content (AvgIpc) is 1.56. The molecule has 0 fully saturated rings. The lowest BCUT2D eigenvalue weighted by Crippen LogP contribution is -2.16. The highest BCUT2D eigenvalue weighted by Gasteiger charge is 2.29. The van der Waals surface area contributed by atoms with Gasteiger partial charge in [-0.1, -0.05) is 210 Å². The number of aromatic nitrogens is 2. The highest BCUT2D eigenvalue weighted by molar-refractivity contribution is 7.26. The summed E-state index contributed by atoms with van der Waals surface area (Å²) in [7, 11) is 0. The standard InChI is InChI=1S/C82H70N2S/c1-79(2,3)57-34-54(35-58(42-57)80(4,5)6)49-27-29-69-62(38-49)65-40-56(55-36-59(81(7,8)9)43-60(37-55)82(10,11)12)41-66-63-44-72-64(45-71(63)83(69)77(65)66)67-46-74-75(61-25-19-20-26-73(61)85-74)76-68-39-50(28-30-70(68)84(72)78(67)76)53-32-51(47-21-15-13-16-22-47)31-52(33-53)48-23-17-14-18-24-48/h13-46H,1-12H3. The van der Waals surface area contributed by atoms with Gasteiger partial charge in [-0.3, -0.25) is 0 Å². The highest BCUT2D eigenvalue weighted by Crippen LogP contribution is 2.52. The van der Waals surface area contributed by atoms with Crippen LogP contribution in [-0.4, -0.2) is 8.80 Å². The van der Waals surface area contributed by atoms with Crippen molar-refractivity contribution in [2.24, 2.45) is 0 Å². The summed E-state index contributed by atoms with van der Waals surface area (Å²) in [4.78, 5) is 0. The minimum absolute atomic E-state index is 0.00398. The number of nitrogens with zero attached hydrogens (tertiary/aromatic N) is 2. The van der Waals surface area contributed by atoms with E-state index in [0.717, 1.165) is 0 Å². The van der Waals surface area contributed by atoms with Crippen LogP contribution in [0.15, 0.2) is 206 Å². The lowest BCUT2D eigenvalue weighted by molar-refractivity contribution is 0.568. The molecule has 5 aromatic heterocycles. The predicted molar refractivity (Wildman–Crippen MR) is 371 cm³/mol. The highest BCUT2D eigenvalue weighted by atomic mass is 32.1. The molecule has 0 bridgehead atoms. The van der Waals surface area contributed by atoms with E-state index in [1.807, 2.05) is 11.3 Å². The summed E-state index contributed by atoms with van der Waals surface area (Å²) < 4.78 is 7.88. The second-order valence-corrected chi connectivity index (χ2v) is 29.8. The van der Waals surface area contributed by atoms with E-state index in [1.54, 1.807) is 0 Å². The van der Waals surface area contributed by atoms with Crippen molar-refractivity contribution in [3.8, 4) is 55.6 Å². The van der Waals surface area contributed by atoms with E-state index >= 15 is 0 Å². The molecule has 0 spiro atoms. The number of benzene rings is 11. The molecule has 0 amide bonds. The average molecular weight is 1120 g/mol. The van der Waals surface area contributed by atoms with Gasteiger partial charge in [-0.15, -0.1) is 11.3 Å². The quantitative estimate of drug-likeness (QED) is 0.162. The zero-order valence-corrected chi connectivity index (χ0v) is 51.7. The van der Waals surface area contributed by atoms with Crippen molar-refractivity contribution in [1.82, 2.24) is 8.80 Å². The number of thiophene rings is 1. The van der Waals surface area contributed by atoms with Crippen LogP contribution >= 0.6 is 11.3 Å². The van der Waals surface area contributed by atoms with Gasteiger partial charge < -0.3 is 8.80 Å². The molecule has 0 aliphatic rings. The summed E-state index contributed by atoms with van der Waals surface area (Å²) in [6, 6.07) is 79.9. The van der Waals surface area contributed by atoms with Crippen LogP contribution in [0.1, 0.15) is 105 Å². The van der Waals surface area contributed by atoms with Crippen LogP contribution in [0, 0.1) is 0 Å². The third-order valence-electron chi connectivity index (χ3n) is 18.9. The molecule has 0 saturated carbocycles. The zero-order valence-electron chi connectivity index (χ0n) is 50.9. The second-order valence-electron chi connectivity index (χ2n) is 28.7. The number of hydrogen-bond donors (Lipinski definition) is 0. The van der Waals surface area contributed by atoms with Gasteiger partial charge in [-0.2, -0.15) is 0 Å². The Morgan fingerprint density at radius 3 is 1.12 bits per heavy atom. The minimum atomic E-state index is -0.0266. The maximum atomic E-state index is 2.63. The van der Waals surface area contributed by atoms with Crippen molar-refractivity contribution in [2.45, 2.75) is 105 Å². The third kappa shape index (κ3) is 8.03. The Labute approximate surface area is 502 Å². The smallest absolute Gasteiger partial charge is 0.0627 e. The molecule has 0 atom stereocenters. The van der Waals surface area contributed by atoms with Crippen LogP contribution < -0.4 is 0 Å². The van der Waals surface area contributed by atoms with Gasteiger partial charge in [-0.05, 0) is 178 Å². The summed E-state index contributed by atoms with van der Waals surface area (Å²) in [5, 5.41) is 13.0. The molecule has 0 radical (unpaired) electrons. The van der Waals surface area contributed by atoms with Gasteiger partial charge in [0.05, 0.1) is 33.1 Å². The number of rotatable bonds is 5. The van der Waals surface area contributed by atoms with Crippen LogP contribution in [0.25, 0.3) is 152 Å². The molecule has 414 valence electrons. The maximum absolute atomic E-state index is 2.63. The fourth-order valence-corrected chi connectivity index (χ4v) is 15.2. The first-order valence-electron chi connectivity index (χ1n) is 30.5. The molecule has 85 heavy (non-hydrogen) atoms. The van der Waals surface area contributed by atoms with Crippen molar-refractivity contribution in [3.05, 3.63) is 229 Å². The molecule has 2 nitrogen and oxygen atoms in total. The molecule has 16 rings (SSSR count). The molecule has 5 heterocycles. The van der Waals surface area contributed by atoms with Crippen molar-refractivity contribution in [2.75, 3.05) is 0 Å². The lowest BCUT2D eigenvalue weighted by Gasteiger charge is -2.26. The first-order chi connectivity index (χ1) is 40.6. The first-order valence-corrected chi connectivity index (χ1v) is 31.3. The van der Waals surface area contributed by atoms with Gasteiger partial charge in [0.2, 0.25) is 0 Å². The van der Waals surface area contributed by atoms with Gasteiger partial charge in [0, 0.05) is 63.3 Å². The third-order valence-corrected chi connectivity index (χ3v) is 20.0. The summed E-state index contributed by atoms with van der Waals surface area (Å²) >= 11 is 1.92. The van der Waals surface area contributed by atoms with Crippen molar-refractivity contribution in [3.63, 3.8) is 0 Å². The lowest BCUT2D eigenvalue weighted by atomic mass is 9.78. The fourth-order valence-electron chi connectivity index (χ4n) is 14.1. The van der Waals surface area contributed by atoms with Crippen LogP contribution in [0.3, 0.4) is 0 Å². The van der Waals surface area contributed by atoms with E-state index in [0.29, 0.717) is 0 Å². The summed E-state index contributed by atoms with van der Waals surface area (Å²) in [6.45, 7) is 28.2. The topological polar surface area (TPSA) is 8.82 Å².